The molecule has 5 aliphatic rings. The van der Waals surface area contributed by atoms with Gasteiger partial charge in [-0.2, -0.15) is 0 Å². The second-order valence-electron chi connectivity index (χ2n) is 7.55. The van der Waals surface area contributed by atoms with Crippen LogP contribution in [0.1, 0.15) is 38.5 Å². The highest BCUT2D eigenvalue weighted by Gasteiger charge is 2.64. The Hall–Kier alpha value is -1.05. The summed E-state index contributed by atoms with van der Waals surface area (Å²) in [5, 5.41) is 12.4. The molecule has 0 N–H and O–H groups in total. The van der Waals surface area contributed by atoms with E-state index in [1.807, 2.05) is 23.4 Å². The van der Waals surface area contributed by atoms with E-state index >= 15 is 0 Å². The molecule has 8 nitrogen and oxygen atoms in total. The lowest BCUT2D eigenvalue weighted by molar-refractivity contribution is -0.197. The van der Waals surface area contributed by atoms with Crippen LogP contribution in [0.25, 0.3) is 0 Å². The summed E-state index contributed by atoms with van der Waals surface area (Å²) in [6.07, 6.45) is 15.6. The highest BCUT2D eigenvalue weighted by molar-refractivity contribution is 7.64. The fourth-order valence-electron chi connectivity index (χ4n) is 4.60. The van der Waals surface area contributed by atoms with Crippen LogP contribution in [0.5, 0.6) is 0 Å². The maximum atomic E-state index is 6.92. The highest BCUT2D eigenvalue weighted by Crippen LogP contribution is 2.71. The zero-order valence-corrected chi connectivity index (χ0v) is 16.3. The van der Waals surface area contributed by atoms with Gasteiger partial charge in [-0.15, -0.1) is 19.1 Å². The maximum absolute atomic E-state index is 6.92. The number of nitrogens with zero attached hydrogens (tertiary/aromatic N) is 7. The normalized spacial score (nSPS) is 30.2. The molecule has 1 atom stereocenters. The minimum Gasteiger partial charge on any atom is -0.217 e. The summed E-state index contributed by atoms with van der Waals surface area (Å²) in [6.45, 7) is 6.78. The van der Waals surface area contributed by atoms with Gasteiger partial charge in [0.2, 0.25) is 0 Å². The molecule has 1 unspecified atom stereocenters. The first-order valence-corrected chi connectivity index (χ1v) is 11.6. The number of fused-ring (bicyclic) bond motifs is 1. The van der Waals surface area contributed by atoms with E-state index in [0.717, 1.165) is 39.3 Å². The van der Waals surface area contributed by atoms with Crippen molar-refractivity contribution >= 4 is 7.94 Å². The van der Waals surface area contributed by atoms with Crippen LogP contribution in [0, 0.1) is 0 Å². The zero-order chi connectivity index (χ0) is 17.4. The summed E-state index contributed by atoms with van der Waals surface area (Å²) in [5.74, 6) is 0. The molecule has 0 amide bonds. The van der Waals surface area contributed by atoms with Crippen molar-refractivity contribution < 1.29 is 4.62 Å². The van der Waals surface area contributed by atoms with Crippen molar-refractivity contribution in [1.82, 2.24) is 24.3 Å². The van der Waals surface area contributed by atoms with Crippen molar-refractivity contribution in [3.8, 4) is 0 Å². The topological polar surface area (TPSA) is 50.2 Å². The Balaban J connectivity index is 1.48. The van der Waals surface area contributed by atoms with Gasteiger partial charge in [0, 0.05) is 45.5 Å². The molecule has 142 valence electrons. The number of hydrogen-bond acceptors (Lipinski definition) is 8. The molecule has 0 aromatic heterocycles. The first kappa shape index (κ1) is 17.1. The van der Waals surface area contributed by atoms with Gasteiger partial charge in [-0.1, -0.05) is 6.08 Å². The predicted molar refractivity (Wildman–Crippen MR) is 101 cm³/mol. The molecule has 5 aliphatic heterocycles. The van der Waals surface area contributed by atoms with Gasteiger partial charge in [-0.3, -0.25) is 0 Å². The van der Waals surface area contributed by atoms with E-state index < -0.39 is 7.94 Å². The van der Waals surface area contributed by atoms with Crippen LogP contribution >= 0.6 is 7.94 Å². The van der Waals surface area contributed by atoms with Crippen molar-refractivity contribution in [3.63, 3.8) is 0 Å². The Kier molecular flexibility index (Phi) is 4.71. The van der Waals surface area contributed by atoms with Crippen LogP contribution in [0.2, 0.25) is 0 Å². The largest absolute Gasteiger partial charge is 0.407 e. The summed E-state index contributed by atoms with van der Waals surface area (Å²) >= 11 is 0. The van der Waals surface area contributed by atoms with E-state index in [2.05, 4.69) is 30.4 Å². The van der Waals surface area contributed by atoms with Gasteiger partial charge in [0.05, 0.1) is 0 Å². The monoisotopic (exact) mass is 378 g/mol. The molecule has 0 aromatic rings. The van der Waals surface area contributed by atoms with Crippen LogP contribution in [0.15, 0.2) is 34.8 Å². The van der Waals surface area contributed by atoms with Gasteiger partial charge in [0.15, 0.2) is 6.17 Å². The molecule has 5 rings (SSSR count). The maximum Gasteiger partial charge on any atom is 0.407 e. The highest BCUT2D eigenvalue weighted by atomic mass is 31.2. The van der Waals surface area contributed by atoms with Crippen LogP contribution in [-0.2, 0) is 4.62 Å². The second-order valence-corrected chi connectivity index (χ2v) is 10.4. The quantitative estimate of drug-likeness (QED) is 0.685. The Labute approximate surface area is 156 Å². The minimum atomic E-state index is -2.08. The lowest BCUT2D eigenvalue weighted by Crippen LogP contribution is -2.48. The summed E-state index contributed by atoms with van der Waals surface area (Å²) < 4.78 is 14.9. The molecule has 26 heavy (non-hydrogen) atoms. The molecule has 0 spiro atoms. The predicted octanol–water partition coefficient (Wildman–Crippen LogP) is 3.19. The van der Waals surface area contributed by atoms with E-state index in [4.69, 9.17) is 4.62 Å². The first-order valence-electron chi connectivity index (χ1n) is 10.1. The number of allylic oxidation sites excluding steroid dienone is 2. The van der Waals surface area contributed by atoms with E-state index in [-0.39, 0.29) is 6.17 Å². The van der Waals surface area contributed by atoms with Crippen molar-refractivity contribution in [2.75, 3.05) is 39.3 Å². The molecule has 0 aromatic carbocycles. The van der Waals surface area contributed by atoms with Crippen molar-refractivity contribution in [1.29, 1.82) is 0 Å². The lowest BCUT2D eigenvalue weighted by Gasteiger charge is -2.42. The van der Waals surface area contributed by atoms with Crippen LogP contribution in [-0.4, -0.2) is 69.7 Å². The lowest BCUT2D eigenvalue weighted by atomic mass is 10.3. The van der Waals surface area contributed by atoms with Gasteiger partial charge < -0.3 is 0 Å². The number of hydrazine groups is 1. The van der Waals surface area contributed by atoms with Crippen LogP contribution in [0.4, 0.5) is 0 Å². The fourth-order valence-corrected chi connectivity index (χ4v) is 8.71. The van der Waals surface area contributed by atoms with E-state index in [1.165, 1.54) is 38.5 Å². The summed E-state index contributed by atoms with van der Waals surface area (Å²) in [4.78, 5) is 0. The van der Waals surface area contributed by atoms with E-state index in [9.17, 15) is 0 Å². The van der Waals surface area contributed by atoms with Crippen LogP contribution < -0.4 is 0 Å². The molecule has 9 heteroatoms. The SMILES string of the molecule is C1=CC2N=NN(O[P+](N3CCCC3)(N3CCCC3)N3CCCC3)N2C=C1. The van der Waals surface area contributed by atoms with E-state index in [0.29, 0.717) is 0 Å². The second kappa shape index (κ2) is 7.17. The molecular formula is C17H29N7OP+. The third kappa shape index (κ3) is 2.79. The smallest absolute Gasteiger partial charge is 0.217 e. The third-order valence-electron chi connectivity index (χ3n) is 5.88. The molecule has 0 bridgehead atoms. The Morgan fingerprint density at radius 3 is 1.85 bits per heavy atom. The molecule has 0 saturated carbocycles. The molecule has 0 aliphatic carbocycles. The van der Waals surface area contributed by atoms with Gasteiger partial charge in [0.25, 0.3) is 0 Å². The molecular weight excluding hydrogens is 349 g/mol. The standard InChI is InChI=1S/C17H29N7OP/c1-2-16-23-17(9-1)18-19-24(23)25-26(20-10-3-4-11-20,21-12-5-6-13-21)22-14-7-8-15-22/h1-2,9,16-17H,3-8,10-15H2/q+1. The summed E-state index contributed by atoms with van der Waals surface area (Å²) in [5.41, 5.74) is 0. The molecule has 5 heterocycles. The van der Waals surface area contributed by atoms with Crippen molar-refractivity contribution in [3.05, 3.63) is 24.4 Å². The Morgan fingerprint density at radius 1 is 0.769 bits per heavy atom. The number of hydrogen-bond donors (Lipinski definition) is 0. The first-order chi connectivity index (χ1) is 12.9. The van der Waals surface area contributed by atoms with Gasteiger partial charge in [-0.25, -0.2) is 5.01 Å². The van der Waals surface area contributed by atoms with Crippen molar-refractivity contribution in [2.24, 2.45) is 10.3 Å². The Morgan fingerprint density at radius 2 is 1.31 bits per heavy atom. The molecule has 3 saturated heterocycles. The average molecular weight is 378 g/mol. The zero-order valence-electron chi connectivity index (χ0n) is 15.4. The molecule has 0 radical (unpaired) electrons. The average Bonchev–Trinajstić information content (AvgIpc) is 3.49. The van der Waals surface area contributed by atoms with Crippen LogP contribution in [0.3, 0.4) is 0 Å². The number of rotatable bonds is 5. The summed E-state index contributed by atoms with van der Waals surface area (Å²) in [7, 11) is -2.08. The Bertz CT molecular complexity index is 553. The summed E-state index contributed by atoms with van der Waals surface area (Å²) in [6, 6.07) is 0. The van der Waals surface area contributed by atoms with E-state index in [1.54, 1.807) is 5.28 Å². The van der Waals surface area contributed by atoms with Gasteiger partial charge in [-0.05, 0) is 65.8 Å². The third-order valence-corrected chi connectivity index (χ3v) is 9.66. The van der Waals surface area contributed by atoms with Crippen molar-refractivity contribution in [2.45, 2.75) is 44.7 Å². The molecule has 3 fully saturated rings. The fraction of sp³-hybridized carbons (Fsp3) is 0.765. The van der Waals surface area contributed by atoms with Gasteiger partial charge >= 0.3 is 7.94 Å². The minimum absolute atomic E-state index is 0.0716. The van der Waals surface area contributed by atoms with Gasteiger partial charge in [0.1, 0.15) is 0 Å².